The zero-order valence-electron chi connectivity index (χ0n) is 16.0. The molecule has 142 valence electrons. The van der Waals surface area contributed by atoms with Gasteiger partial charge < -0.3 is 19.2 Å². The van der Waals surface area contributed by atoms with Crippen molar-refractivity contribution >= 4 is 11.0 Å². The first kappa shape index (κ1) is 17.7. The number of pyridine rings is 1. The third-order valence-corrected chi connectivity index (χ3v) is 5.30. The molecule has 0 saturated carbocycles. The van der Waals surface area contributed by atoms with Gasteiger partial charge in [-0.25, -0.2) is 4.98 Å². The van der Waals surface area contributed by atoms with E-state index in [1.165, 1.54) is 12.1 Å². The number of hydrogen-bond donors (Lipinski definition) is 1. The normalized spacial score (nSPS) is 17.4. The highest BCUT2D eigenvalue weighted by Gasteiger charge is 2.28. The number of methoxy groups -OCH3 is 3. The predicted octanol–water partition coefficient (Wildman–Crippen LogP) is 3.93. The van der Waals surface area contributed by atoms with Crippen molar-refractivity contribution in [3.8, 4) is 17.2 Å². The van der Waals surface area contributed by atoms with Gasteiger partial charge in [0.15, 0.2) is 11.5 Å². The zero-order valence-corrected chi connectivity index (χ0v) is 16.0. The number of aromatic nitrogens is 2. The third kappa shape index (κ3) is 3.32. The van der Waals surface area contributed by atoms with E-state index in [4.69, 9.17) is 14.2 Å². The number of ether oxygens (including phenoxy) is 3. The summed E-state index contributed by atoms with van der Waals surface area (Å²) < 4.78 is 16.5. The standard InChI is InChI=1S/C21H25N3O3/c1-25-18-12-20(27-3)19(26-2)11-15(18)13-24-9-5-7-17(24)16-10-14-6-4-8-22-21(14)23-16/h4,6,8,10-12,17H,5,7,9,13H2,1-3H3,(H,22,23). The largest absolute Gasteiger partial charge is 0.496 e. The summed E-state index contributed by atoms with van der Waals surface area (Å²) in [5.41, 5.74) is 3.26. The number of likely N-dealkylation sites (tertiary alicyclic amines) is 1. The number of hydrogen-bond acceptors (Lipinski definition) is 5. The number of rotatable bonds is 6. The second-order valence-corrected chi connectivity index (χ2v) is 6.81. The Kier molecular flexibility index (Phi) is 4.90. The summed E-state index contributed by atoms with van der Waals surface area (Å²) in [5, 5.41) is 1.16. The van der Waals surface area contributed by atoms with Crippen LogP contribution >= 0.6 is 0 Å². The highest BCUT2D eigenvalue weighted by molar-refractivity contribution is 5.76. The van der Waals surface area contributed by atoms with Crippen LogP contribution in [0.2, 0.25) is 0 Å². The molecule has 1 N–H and O–H groups in total. The van der Waals surface area contributed by atoms with Crippen molar-refractivity contribution in [2.75, 3.05) is 27.9 Å². The molecule has 3 heterocycles. The van der Waals surface area contributed by atoms with Crippen LogP contribution in [0.25, 0.3) is 11.0 Å². The molecule has 0 amide bonds. The Balaban J connectivity index is 1.63. The molecule has 1 aliphatic rings. The van der Waals surface area contributed by atoms with E-state index in [9.17, 15) is 0 Å². The van der Waals surface area contributed by atoms with Gasteiger partial charge in [-0.3, -0.25) is 4.90 Å². The van der Waals surface area contributed by atoms with Crippen molar-refractivity contribution in [1.29, 1.82) is 0 Å². The summed E-state index contributed by atoms with van der Waals surface area (Å²) in [7, 11) is 4.98. The van der Waals surface area contributed by atoms with Crippen LogP contribution in [-0.4, -0.2) is 42.7 Å². The zero-order chi connectivity index (χ0) is 18.8. The van der Waals surface area contributed by atoms with E-state index in [2.05, 4.69) is 27.0 Å². The van der Waals surface area contributed by atoms with Gasteiger partial charge in [-0.2, -0.15) is 0 Å². The van der Waals surface area contributed by atoms with Gasteiger partial charge in [0, 0.05) is 35.5 Å². The summed E-state index contributed by atoms with van der Waals surface area (Å²) in [6, 6.07) is 10.5. The molecule has 1 unspecified atom stereocenters. The topological polar surface area (TPSA) is 59.6 Å². The Morgan fingerprint density at radius 1 is 1.07 bits per heavy atom. The lowest BCUT2D eigenvalue weighted by Crippen LogP contribution is -2.23. The number of H-pyrrole nitrogens is 1. The number of benzene rings is 1. The minimum Gasteiger partial charge on any atom is -0.496 e. The van der Waals surface area contributed by atoms with Gasteiger partial charge in [0.1, 0.15) is 11.4 Å². The van der Waals surface area contributed by atoms with Crippen molar-refractivity contribution in [3.63, 3.8) is 0 Å². The molecule has 4 rings (SSSR count). The summed E-state index contributed by atoms with van der Waals surface area (Å²) >= 11 is 0. The van der Waals surface area contributed by atoms with Crippen molar-refractivity contribution in [1.82, 2.24) is 14.9 Å². The minimum absolute atomic E-state index is 0.344. The molecule has 0 radical (unpaired) electrons. The van der Waals surface area contributed by atoms with Gasteiger partial charge in [-0.15, -0.1) is 0 Å². The average Bonchev–Trinajstić information content (AvgIpc) is 3.33. The molecule has 1 saturated heterocycles. The van der Waals surface area contributed by atoms with Crippen molar-refractivity contribution in [3.05, 3.63) is 47.8 Å². The van der Waals surface area contributed by atoms with Crippen LogP contribution in [-0.2, 0) is 6.54 Å². The molecule has 1 aliphatic heterocycles. The highest BCUT2D eigenvalue weighted by Crippen LogP contribution is 2.39. The lowest BCUT2D eigenvalue weighted by Gasteiger charge is -2.25. The molecular weight excluding hydrogens is 342 g/mol. The Morgan fingerprint density at radius 2 is 1.85 bits per heavy atom. The summed E-state index contributed by atoms with van der Waals surface area (Å²) in [6.45, 7) is 1.84. The maximum Gasteiger partial charge on any atom is 0.164 e. The number of aromatic amines is 1. The molecule has 1 atom stereocenters. The van der Waals surface area contributed by atoms with Gasteiger partial charge in [0.25, 0.3) is 0 Å². The number of fused-ring (bicyclic) bond motifs is 1. The van der Waals surface area contributed by atoms with Gasteiger partial charge in [-0.1, -0.05) is 0 Å². The van der Waals surface area contributed by atoms with E-state index in [1.54, 1.807) is 21.3 Å². The van der Waals surface area contributed by atoms with Crippen LogP contribution in [0.3, 0.4) is 0 Å². The lowest BCUT2D eigenvalue weighted by molar-refractivity contribution is 0.240. The second-order valence-electron chi connectivity index (χ2n) is 6.81. The van der Waals surface area contributed by atoms with Gasteiger partial charge in [0.2, 0.25) is 0 Å². The lowest BCUT2D eigenvalue weighted by atomic mass is 10.1. The van der Waals surface area contributed by atoms with Gasteiger partial charge in [0.05, 0.1) is 27.4 Å². The molecule has 6 nitrogen and oxygen atoms in total. The molecule has 6 heteroatoms. The summed E-state index contributed by atoms with van der Waals surface area (Å²) in [6.07, 6.45) is 4.12. The average molecular weight is 367 g/mol. The van der Waals surface area contributed by atoms with Crippen LogP contribution in [0.5, 0.6) is 17.2 Å². The summed E-state index contributed by atoms with van der Waals surface area (Å²) in [4.78, 5) is 10.4. The predicted molar refractivity (Wildman–Crippen MR) is 105 cm³/mol. The Labute approximate surface area is 159 Å². The molecular formula is C21H25N3O3. The molecule has 1 fully saturated rings. The first-order valence-electron chi connectivity index (χ1n) is 9.20. The molecule has 2 aromatic heterocycles. The maximum absolute atomic E-state index is 5.61. The quantitative estimate of drug-likeness (QED) is 0.715. The number of nitrogens with one attached hydrogen (secondary N) is 1. The molecule has 0 bridgehead atoms. The monoisotopic (exact) mass is 367 g/mol. The fourth-order valence-corrected chi connectivity index (χ4v) is 3.96. The summed E-state index contributed by atoms with van der Waals surface area (Å²) in [5.74, 6) is 2.22. The molecule has 3 aromatic rings. The fourth-order valence-electron chi connectivity index (χ4n) is 3.96. The highest BCUT2D eigenvalue weighted by atomic mass is 16.5. The van der Waals surface area contributed by atoms with Crippen LogP contribution in [0.4, 0.5) is 0 Å². The van der Waals surface area contributed by atoms with Gasteiger partial charge >= 0.3 is 0 Å². The minimum atomic E-state index is 0.344. The van der Waals surface area contributed by atoms with Gasteiger partial charge in [-0.05, 0) is 43.7 Å². The van der Waals surface area contributed by atoms with E-state index >= 15 is 0 Å². The molecule has 1 aromatic carbocycles. The van der Waals surface area contributed by atoms with Crippen LogP contribution in [0.15, 0.2) is 36.5 Å². The molecule has 0 spiro atoms. The fraction of sp³-hybridized carbons (Fsp3) is 0.381. The van der Waals surface area contributed by atoms with Crippen molar-refractivity contribution in [2.24, 2.45) is 0 Å². The molecule has 27 heavy (non-hydrogen) atoms. The first-order chi connectivity index (χ1) is 13.2. The SMILES string of the molecule is COc1cc(OC)c(OC)cc1CN1CCCC1c1cc2cccnc2[nH]1. The Hall–Kier alpha value is -2.73. The van der Waals surface area contributed by atoms with Crippen LogP contribution in [0.1, 0.15) is 30.1 Å². The third-order valence-electron chi connectivity index (χ3n) is 5.30. The maximum atomic E-state index is 5.61. The van der Waals surface area contributed by atoms with Crippen LogP contribution < -0.4 is 14.2 Å². The first-order valence-corrected chi connectivity index (χ1v) is 9.20. The smallest absolute Gasteiger partial charge is 0.164 e. The molecule has 0 aliphatic carbocycles. The van der Waals surface area contributed by atoms with Crippen molar-refractivity contribution in [2.45, 2.75) is 25.4 Å². The Morgan fingerprint density at radius 3 is 2.59 bits per heavy atom. The second kappa shape index (κ2) is 7.48. The van der Waals surface area contributed by atoms with E-state index < -0.39 is 0 Å². The van der Waals surface area contributed by atoms with E-state index in [1.807, 2.05) is 24.4 Å². The van der Waals surface area contributed by atoms with E-state index in [0.29, 0.717) is 11.8 Å². The van der Waals surface area contributed by atoms with E-state index in [-0.39, 0.29) is 0 Å². The Bertz CT molecular complexity index is 905. The van der Waals surface area contributed by atoms with Crippen molar-refractivity contribution < 1.29 is 14.2 Å². The van der Waals surface area contributed by atoms with E-state index in [0.717, 1.165) is 47.6 Å². The number of nitrogens with zero attached hydrogens (tertiary/aromatic N) is 2. The van der Waals surface area contributed by atoms with Crippen LogP contribution in [0, 0.1) is 0 Å².